The van der Waals surface area contributed by atoms with Gasteiger partial charge in [0, 0.05) is 24.2 Å². The number of morpholine rings is 1. The predicted molar refractivity (Wildman–Crippen MR) is 116 cm³/mol. The van der Waals surface area contributed by atoms with Crippen LogP contribution in [0, 0.1) is 0 Å². The van der Waals surface area contributed by atoms with Crippen LogP contribution < -0.4 is 5.32 Å². The standard InChI is InChI=1S/C22H24N4O2S/c1-16(21(27)23-17-7-3-2-4-8-17)29-22-18-9-5-6-10-19(18)24-20(25-22)15-26-11-13-28-14-12-26/h2-10,16H,11-15H2,1H3,(H,23,27). The first-order valence-corrected chi connectivity index (χ1v) is 10.7. The van der Waals surface area contributed by atoms with Crippen molar-refractivity contribution in [1.82, 2.24) is 14.9 Å². The molecule has 4 rings (SSSR count). The van der Waals surface area contributed by atoms with Gasteiger partial charge in [-0.3, -0.25) is 9.69 Å². The van der Waals surface area contributed by atoms with Crippen molar-refractivity contribution in [3.8, 4) is 0 Å². The van der Waals surface area contributed by atoms with E-state index in [9.17, 15) is 4.79 Å². The van der Waals surface area contributed by atoms with Crippen molar-refractivity contribution in [1.29, 1.82) is 0 Å². The lowest BCUT2D eigenvalue weighted by molar-refractivity contribution is -0.115. The third-order valence-corrected chi connectivity index (χ3v) is 5.88. The zero-order chi connectivity index (χ0) is 20.1. The SMILES string of the molecule is CC(Sc1nc(CN2CCOCC2)nc2ccccc12)C(=O)Nc1ccccc1. The summed E-state index contributed by atoms with van der Waals surface area (Å²) in [5, 5.41) is 4.49. The highest BCUT2D eigenvalue weighted by atomic mass is 32.2. The maximum Gasteiger partial charge on any atom is 0.237 e. The number of rotatable bonds is 6. The third-order valence-electron chi connectivity index (χ3n) is 4.78. The minimum absolute atomic E-state index is 0.0429. The van der Waals surface area contributed by atoms with Gasteiger partial charge in [-0.25, -0.2) is 9.97 Å². The molecule has 1 saturated heterocycles. The number of anilines is 1. The van der Waals surface area contributed by atoms with Crippen LogP contribution >= 0.6 is 11.8 Å². The lowest BCUT2D eigenvalue weighted by atomic mass is 10.2. The van der Waals surface area contributed by atoms with Crippen molar-refractivity contribution >= 4 is 34.3 Å². The molecule has 0 spiro atoms. The van der Waals surface area contributed by atoms with E-state index >= 15 is 0 Å². The molecule has 0 bridgehead atoms. The van der Waals surface area contributed by atoms with Crippen LogP contribution in [0.2, 0.25) is 0 Å². The number of benzene rings is 2. The summed E-state index contributed by atoms with van der Waals surface area (Å²) in [5.41, 5.74) is 1.70. The maximum atomic E-state index is 12.7. The number of thioether (sulfide) groups is 1. The fraction of sp³-hybridized carbons (Fsp3) is 0.318. The van der Waals surface area contributed by atoms with E-state index < -0.39 is 0 Å². The Morgan fingerprint density at radius 2 is 1.83 bits per heavy atom. The number of hydrogen-bond acceptors (Lipinski definition) is 6. The summed E-state index contributed by atoms with van der Waals surface area (Å²) in [7, 11) is 0. The van der Waals surface area contributed by atoms with Crippen molar-refractivity contribution in [3.63, 3.8) is 0 Å². The predicted octanol–water partition coefficient (Wildman–Crippen LogP) is 3.58. The first-order valence-electron chi connectivity index (χ1n) is 9.77. The van der Waals surface area contributed by atoms with Gasteiger partial charge in [-0.1, -0.05) is 48.2 Å². The van der Waals surface area contributed by atoms with Gasteiger partial charge in [0.25, 0.3) is 0 Å². The fourth-order valence-electron chi connectivity index (χ4n) is 3.20. The van der Waals surface area contributed by atoms with Crippen LogP contribution in [0.5, 0.6) is 0 Å². The first kappa shape index (κ1) is 19.8. The van der Waals surface area contributed by atoms with E-state index in [0.717, 1.165) is 53.7 Å². The summed E-state index contributed by atoms with van der Waals surface area (Å²) in [4.78, 5) is 24.5. The number of ether oxygens (including phenoxy) is 1. The number of carbonyl (C=O) groups is 1. The Morgan fingerprint density at radius 1 is 1.10 bits per heavy atom. The number of fused-ring (bicyclic) bond motifs is 1. The summed E-state index contributed by atoms with van der Waals surface area (Å²) >= 11 is 1.47. The minimum Gasteiger partial charge on any atom is -0.379 e. The summed E-state index contributed by atoms with van der Waals surface area (Å²) in [6, 6.07) is 17.5. The lowest BCUT2D eigenvalue weighted by Gasteiger charge is -2.26. The van der Waals surface area contributed by atoms with Gasteiger partial charge in [-0.15, -0.1) is 0 Å². The highest BCUT2D eigenvalue weighted by Gasteiger charge is 2.19. The summed E-state index contributed by atoms with van der Waals surface area (Å²) in [6.07, 6.45) is 0. The molecule has 1 N–H and O–H groups in total. The Hall–Kier alpha value is -2.48. The van der Waals surface area contributed by atoms with Crippen molar-refractivity contribution < 1.29 is 9.53 Å². The number of aromatic nitrogens is 2. The van der Waals surface area contributed by atoms with Crippen LogP contribution in [0.3, 0.4) is 0 Å². The number of nitrogens with zero attached hydrogens (tertiary/aromatic N) is 3. The molecule has 1 aromatic heterocycles. The molecule has 0 aliphatic carbocycles. The molecule has 0 saturated carbocycles. The van der Waals surface area contributed by atoms with Crippen molar-refractivity contribution in [2.45, 2.75) is 23.7 Å². The smallest absolute Gasteiger partial charge is 0.237 e. The molecule has 1 fully saturated rings. The Balaban J connectivity index is 1.54. The Kier molecular flexibility index (Phi) is 6.39. The van der Waals surface area contributed by atoms with Gasteiger partial charge in [0.15, 0.2) is 0 Å². The van der Waals surface area contributed by atoms with Crippen LogP contribution in [0.4, 0.5) is 5.69 Å². The maximum absolute atomic E-state index is 12.7. The normalized spacial score (nSPS) is 15.9. The summed E-state index contributed by atoms with van der Waals surface area (Å²) < 4.78 is 5.43. The molecule has 1 unspecified atom stereocenters. The van der Waals surface area contributed by atoms with E-state index in [4.69, 9.17) is 14.7 Å². The van der Waals surface area contributed by atoms with Gasteiger partial charge < -0.3 is 10.1 Å². The van der Waals surface area contributed by atoms with Crippen LogP contribution in [0.25, 0.3) is 10.9 Å². The van der Waals surface area contributed by atoms with Gasteiger partial charge >= 0.3 is 0 Å². The molecular weight excluding hydrogens is 384 g/mol. The second kappa shape index (κ2) is 9.35. The van der Waals surface area contributed by atoms with Crippen molar-refractivity contribution in [2.24, 2.45) is 0 Å². The van der Waals surface area contributed by atoms with E-state index in [0.29, 0.717) is 6.54 Å². The Labute approximate surface area is 174 Å². The minimum atomic E-state index is -0.287. The van der Waals surface area contributed by atoms with Gasteiger partial charge in [-0.2, -0.15) is 0 Å². The molecule has 2 heterocycles. The van der Waals surface area contributed by atoms with Crippen LogP contribution in [-0.2, 0) is 16.1 Å². The highest BCUT2D eigenvalue weighted by molar-refractivity contribution is 8.00. The molecule has 150 valence electrons. The molecule has 1 aliphatic rings. The average molecular weight is 409 g/mol. The molecule has 0 radical (unpaired) electrons. The molecule has 3 aromatic rings. The van der Waals surface area contributed by atoms with E-state index in [1.807, 2.05) is 61.5 Å². The average Bonchev–Trinajstić information content (AvgIpc) is 2.75. The summed E-state index contributed by atoms with van der Waals surface area (Å²) in [6.45, 7) is 5.84. The largest absolute Gasteiger partial charge is 0.379 e. The van der Waals surface area contributed by atoms with Gasteiger partial charge in [0.1, 0.15) is 10.9 Å². The number of nitrogens with one attached hydrogen (secondary N) is 1. The lowest BCUT2D eigenvalue weighted by Crippen LogP contribution is -2.36. The second-order valence-electron chi connectivity index (χ2n) is 6.97. The Morgan fingerprint density at radius 3 is 2.62 bits per heavy atom. The van der Waals surface area contributed by atoms with Crippen molar-refractivity contribution in [2.75, 3.05) is 31.6 Å². The zero-order valence-electron chi connectivity index (χ0n) is 16.4. The molecule has 1 amide bonds. The van der Waals surface area contributed by atoms with Crippen LogP contribution in [-0.4, -0.2) is 52.3 Å². The second-order valence-corrected chi connectivity index (χ2v) is 8.30. The van der Waals surface area contributed by atoms with Gasteiger partial charge in [-0.05, 0) is 25.1 Å². The number of para-hydroxylation sites is 2. The van der Waals surface area contributed by atoms with E-state index in [2.05, 4.69) is 10.2 Å². The molecule has 1 atom stereocenters. The third kappa shape index (κ3) is 5.12. The molecular formula is C22H24N4O2S. The number of amides is 1. The first-order chi connectivity index (χ1) is 14.2. The molecule has 7 heteroatoms. The van der Waals surface area contributed by atoms with Gasteiger partial charge in [0.2, 0.25) is 5.91 Å². The molecule has 29 heavy (non-hydrogen) atoms. The molecule has 6 nitrogen and oxygen atoms in total. The quantitative estimate of drug-likeness (QED) is 0.497. The fourth-order valence-corrected chi connectivity index (χ4v) is 4.16. The topological polar surface area (TPSA) is 67.3 Å². The van der Waals surface area contributed by atoms with E-state index in [1.165, 1.54) is 11.8 Å². The van der Waals surface area contributed by atoms with Crippen molar-refractivity contribution in [3.05, 3.63) is 60.4 Å². The van der Waals surface area contributed by atoms with E-state index in [1.54, 1.807) is 0 Å². The van der Waals surface area contributed by atoms with Crippen LogP contribution in [0.1, 0.15) is 12.7 Å². The number of carbonyl (C=O) groups excluding carboxylic acids is 1. The molecule has 1 aliphatic heterocycles. The van der Waals surface area contributed by atoms with Crippen LogP contribution in [0.15, 0.2) is 59.6 Å². The summed E-state index contributed by atoms with van der Waals surface area (Å²) in [5.74, 6) is 0.738. The molecule has 2 aromatic carbocycles. The van der Waals surface area contributed by atoms with E-state index in [-0.39, 0.29) is 11.2 Å². The Bertz CT molecular complexity index is 977. The zero-order valence-corrected chi connectivity index (χ0v) is 17.2. The highest BCUT2D eigenvalue weighted by Crippen LogP contribution is 2.29. The number of hydrogen-bond donors (Lipinski definition) is 1. The van der Waals surface area contributed by atoms with Gasteiger partial charge in [0.05, 0.1) is 30.5 Å². The monoisotopic (exact) mass is 408 g/mol.